The molecular formula is C24H27F4N7O3S. The molecule has 0 bridgehead atoms. The molecule has 1 aliphatic rings. The van der Waals surface area contributed by atoms with Gasteiger partial charge in [-0.1, -0.05) is 26.8 Å². The van der Waals surface area contributed by atoms with Crippen molar-refractivity contribution in [3.63, 3.8) is 0 Å². The van der Waals surface area contributed by atoms with Crippen molar-refractivity contribution < 1.29 is 30.8 Å². The summed E-state index contributed by atoms with van der Waals surface area (Å²) in [5, 5.41) is 7.76. The molecule has 3 aromatic heterocycles. The monoisotopic (exact) mass is 569 g/mol. The number of carbonyl (C=O) groups excluding carboxylic acids is 1. The summed E-state index contributed by atoms with van der Waals surface area (Å²) in [5.41, 5.74) is -2.60. The van der Waals surface area contributed by atoms with Crippen molar-refractivity contribution in [1.82, 2.24) is 24.0 Å². The molecule has 0 saturated carbocycles. The lowest BCUT2D eigenvalue weighted by atomic mass is 10.2. The van der Waals surface area contributed by atoms with Crippen LogP contribution in [-0.4, -0.2) is 57.4 Å². The van der Waals surface area contributed by atoms with E-state index >= 15 is 4.39 Å². The van der Waals surface area contributed by atoms with E-state index in [2.05, 4.69) is 20.4 Å². The topological polar surface area (TPSA) is 112 Å². The number of nitrogens with zero attached hydrogens (tertiary/aromatic N) is 6. The molecule has 0 fully saturated rings. The van der Waals surface area contributed by atoms with Crippen molar-refractivity contribution >= 4 is 33.2 Å². The Balaban J connectivity index is 1.54. The lowest BCUT2D eigenvalue weighted by molar-refractivity contribution is -0.0473. The number of hydrazone groups is 1. The van der Waals surface area contributed by atoms with Crippen LogP contribution in [0.4, 0.5) is 23.4 Å². The van der Waals surface area contributed by atoms with Crippen LogP contribution >= 0.6 is 0 Å². The first-order valence-electron chi connectivity index (χ1n) is 12.1. The average Bonchev–Trinajstić information content (AvgIpc) is 3.24. The summed E-state index contributed by atoms with van der Waals surface area (Å²) in [7, 11) is -5.66. The van der Waals surface area contributed by atoms with E-state index in [1.54, 1.807) is 10.6 Å². The second-order valence-corrected chi connectivity index (χ2v) is 11.1. The van der Waals surface area contributed by atoms with Crippen molar-refractivity contribution in [3.05, 3.63) is 58.9 Å². The van der Waals surface area contributed by atoms with Crippen LogP contribution in [0, 0.1) is 18.7 Å². The van der Waals surface area contributed by atoms with E-state index < -0.39 is 39.7 Å². The van der Waals surface area contributed by atoms with Crippen LogP contribution in [0.1, 0.15) is 48.1 Å². The number of carbonyl (C=O) groups is 1. The maximum Gasteiger partial charge on any atom is 0.516 e. The van der Waals surface area contributed by atoms with E-state index in [9.17, 15) is 26.4 Å². The number of hydrogen-bond donors (Lipinski definition) is 1. The molecule has 39 heavy (non-hydrogen) atoms. The summed E-state index contributed by atoms with van der Waals surface area (Å²) in [6.07, 6.45) is 3.64. The number of imidazole rings is 1. The number of aromatic nitrogens is 3. The van der Waals surface area contributed by atoms with E-state index in [0.717, 1.165) is 16.6 Å². The summed E-state index contributed by atoms with van der Waals surface area (Å²) >= 11 is 0. The van der Waals surface area contributed by atoms with Gasteiger partial charge in [0, 0.05) is 24.9 Å². The lowest BCUT2D eigenvalue weighted by Crippen LogP contribution is -2.52. The van der Waals surface area contributed by atoms with Gasteiger partial charge in [0.2, 0.25) is 0 Å². The van der Waals surface area contributed by atoms with Gasteiger partial charge < -0.3 is 5.32 Å². The number of anilines is 1. The lowest BCUT2D eigenvalue weighted by Gasteiger charge is -2.35. The summed E-state index contributed by atoms with van der Waals surface area (Å²) in [5.74, 6) is -2.61. The van der Waals surface area contributed by atoms with Crippen molar-refractivity contribution in [2.45, 2.75) is 46.2 Å². The molecule has 0 saturated heterocycles. The van der Waals surface area contributed by atoms with Crippen molar-refractivity contribution in [1.29, 1.82) is 0 Å². The standard InChI is InChI=1S/C24H27F4N7O3S/c1-5-18-20(33-13-15(4)6-7-19(33)31-18)23(36)30-12-16-10-17(25)22(29-11-16)34-8-9-35(21(32-34)14(2)3)39(37,38)24(26,27)28/h6-7,10-11,13-14H,5,8-9,12H2,1-4H3,(H,30,36). The zero-order valence-corrected chi connectivity index (χ0v) is 22.4. The molecule has 15 heteroatoms. The molecule has 0 spiro atoms. The van der Waals surface area contributed by atoms with Crippen LogP contribution in [-0.2, 0) is 23.0 Å². The number of halogens is 4. The number of amidine groups is 1. The Morgan fingerprint density at radius 2 is 1.92 bits per heavy atom. The number of aryl methyl sites for hydroxylation is 2. The number of alkyl halides is 3. The Bertz CT molecular complexity index is 1550. The Kier molecular flexibility index (Phi) is 7.56. The predicted molar refractivity (Wildman–Crippen MR) is 136 cm³/mol. The van der Waals surface area contributed by atoms with E-state index in [4.69, 9.17) is 0 Å². The number of nitrogens with one attached hydrogen (secondary N) is 1. The summed E-state index contributed by atoms with van der Waals surface area (Å²) < 4.78 is 80.3. The number of pyridine rings is 2. The molecule has 4 heterocycles. The molecule has 10 nitrogen and oxygen atoms in total. The summed E-state index contributed by atoms with van der Waals surface area (Å²) in [4.78, 5) is 21.6. The number of amides is 1. The molecule has 1 N–H and O–H groups in total. The Hall–Kier alpha value is -3.75. The number of sulfonamides is 1. The molecule has 4 rings (SSSR count). The third-order valence-electron chi connectivity index (χ3n) is 6.06. The van der Waals surface area contributed by atoms with E-state index in [1.165, 1.54) is 20.0 Å². The van der Waals surface area contributed by atoms with Gasteiger partial charge in [0.1, 0.15) is 17.2 Å². The summed E-state index contributed by atoms with van der Waals surface area (Å²) in [6, 6.07) is 4.84. The SMILES string of the molecule is CCc1nc2ccc(C)cn2c1C(=O)NCc1cnc(N2CCN(S(=O)(=O)C(F)(F)F)C(C(C)C)=N2)c(F)c1. The van der Waals surface area contributed by atoms with Crippen LogP contribution in [0.2, 0.25) is 0 Å². The zero-order chi connectivity index (χ0) is 28.7. The van der Waals surface area contributed by atoms with Gasteiger partial charge in [0.15, 0.2) is 11.6 Å². The first-order chi connectivity index (χ1) is 18.2. The Morgan fingerprint density at radius 1 is 1.21 bits per heavy atom. The zero-order valence-electron chi connectivity index (χ0n) is 21.6. The first kappa shape index (κ1) is 28.3. The average molecular weight is 570 g/mol. The molecule has 1 aliphatic heterocycles. The minimum atomic E-state index is -5.66. The molecular weight excluding hydrogens is 542 g/mol. The van der Waals surface area contributed by atoms with Crippen LogP contribution in [0.5, 0.6) is 0 Å². The molecule has 0 radical (unpaired) electrons. The van der Waals surface area contributed by atoms with Gasteiger partial charge in [0.25, 0.3) is 5.91 Å². The number of hydrogen-bond acceptors (Lipinski definition) is 7. The smallest absolute Gasteiger partial charge is 0.347 e. The highest BCUT2D eigenvalue weighted by Crippen LogP contribution is 2.31. The van der Waals surface area contributed by atoms with Gasteiger partial charge in [-0.2, -0.15) is 26.7 Å². The minimum absolute atomic E-state index is 0.0522. The third-order valence-corrected chi connectivity index (χ3v) is 7.59. The van der Waals surface area contributed by atoms with Crippen molar-refractivity contribution in [2.24, 2.45) is 11.0 Å². The highest BCUT2D eigenvalue weighted by Gasteiger charge is 2.52. The molecule has 210 valence electrons. The van der Waals surface area contributed by atoms with Gasteiger partial charge in [-0.25, -0.2) is 23.7 Å². The van der Waals surface area contributed by atoms with Gasteiger partial charge in [-0.05, 0) is 36.6 Å². The van der Waals surface area contributed by atoms with E-state index in [1.807, 2.05) is 26.0 Å². The van der Waals surface area contributed by atoms with Gasteiger partial charge in [-0.3, -0.25) is 9.20 Å². The van der Waals surface area contributed by atoms with Crippen LogP contribution in [0.25, 0.3) is 5.65 Å². The number of fused-ring (bicyclic) bond motifs is 1. The first-order valence-corrected chi connectivity index (χ1v) is 13.5. The molecule has 0 unspecified atom stereocenters. The second kappa shape index (κ2) is 10.4. The van der Waals surface area contributed by atoms with E-state index in [0.29, 0.717) is 29.0 Å². The molecule has 0 aromatic carbocycles. The van der Waals surface area contributed by atoms with Crippen molar-refractivity contribution in [2.75, 3.05) is 18.1 Å². The van der Waals surface area contributed by atoms with Crippen molar-refractivity contribution in [3.8, 4) is 0 Å². The maximum absolute atomic E-state index is 15.0. The molecule has 0 aliphatic carbocycles. The fourth-order valence-corrected chi connectivity index (χ4v) is 5.22. The van der Waals surface area contributed by atoms with E-state index in [-0.39, 0.29) is 29.0 Å². The summed E-state index contributed by atoms with van der Waals surface area (Å²) in [6.45, 7) is 5.75. The normalized spacial score (nSPS) is 14.7. The molecule has 0 atom stereocenters. The minimum Gasteiger partial charge on any atom is -0.347 e. The highest BCUT2D eigenvalue weighted by atomic mass is 32.2. The Labute approximate surface area is 222 Å². The van der Waals surface area contributed by atoms with Crippen LogP contribution < -0.4 is 10.3 Å². The second-order valence-electron chi connectivity index (χ2n) is 9.29. The van der Waals surface area contributed by atoms with Crippen LogP contribution in [0.15, 0.2) is 35.7 Å². The quantitative estimate of drug-likeness (QED) is 0.435. The predicted octanol–water partition coefficient (Wildman–Crippen LogP) is 3.61. The highest BCUT2D eigenvalue weighted by molar-refractivity contribution is 7.90. The molecule has 1 amide bonds. The maximum atomic E-state index is 15.0. The Morgan fingerprint density at radius 3 is 2.54 bits per heavy atom. The van der Waals surface area contributed by atoms with Gasteiger partial charge in [-0.15, -0.1) is 0 Å². The van der Waals surface area contributed by atoms with Gasteiger partial charge in [0.05, 0.1) is 18.8 Å². The fraction of sp³-hybridized carbons (Fsp3) is 0.417. The third kappa shape index (κ3) is 5.40. The largest absolute Gasteiger partial charge is 0.516 e. The molecule has 3 aromatic rings. The van der Waals surface area contributed by atoms with Crippen LogP contribution in [0.3, 0.4) is 0 Å². The van der Waals surface area contributed by atoms with Gasteiger partial charge >= 0.3 is 15.5 Å². The fourth-order valence-electron chi connectivity index (χ4n) is 4.16. The number of rotatable bonds is 7.